The number of carbonyl (C=O) groups is 3. The summed E-state index contributed by atoms with van der Waals surface area (Å²) in [5.41, 5.74) is 0.373. The lowest BCUT2D eigenvalue weighted by Crippen LogP contribution is -2.58. The van der Waals surface area contributed by atoms with E-state index in [1.807, 2.05) is 0 Å². The molecule has 4 amide bonds. The molecule has 0 saturated carbocycles. The maximum absolute atomic E-state index is 12.5. The van der Waals surface area contributed by atoms with E-state index < -0.39 is 23.8 Å². The minimum atomic E-state index is -1.17. The van der Waals surface area contributed by atoms with Crippen molar-refractivity contribution in [2.75, 3.05) is 4.90 Å². The monoisotopic (exact) mass is 389 g/mol. The number of halogens is 1. The van der Waals surface area contributed by atoms with Gasteiger partial charge in [0.05, 0.1) is 18.5 Å². The summed E-state index contributed by atoms with van der Waals surface area (Å²) in [6.07, 6.45) is 2.75. The van der Waals surface area contributed by atoms with Crippen molar-refractivity contribution in [2.24, 2.45) is 10.9 Å². The Morgan fingerprint density at radius 3 is 2.62 bits per heavy atom. The van der Waals surface area contributed by atoms with Gasteiger partial charge < -0.3 is 4.42 Å². The van der Waals surface area contributed by atoms with Crippen molar-refractivity contribution in [2.45, 2.75) is 6.54 Å². The van der Waals surface area contributed by atoms with E-state index in [1.54, 1.807) is 36.4 Å². The highest BCUT2D eigenvalue weighted by Gasteiger charge is 2.40. The number of imide groups is 2. The molecule has 1 aromatic heterocycles. The van der Waals surface area contributed by atoms with E-state index in [9.17, 15) is 14.4 Å². The summed E-state index contributed by atoms with van der Waals surface area (Å²) in [5, 5.41) is 2.17. The number of nitrogens with one attached hydrogen (secondary N) is 1. The van der Waals surface area contributed by atoms with Gasteiger partial charge >= 0.3 is 6.03 Å². The number of anilines is 1. The number of rotatable bonds is 4. The van der Waals surface area contributed by atoms with Crippen molar-refractivity contribution >= 4 is 45.7 Å². The molecule has 1 aromatic carbocycles. The van der Waals surface area contributed by atoms with Gasteiger partial charge in [-0.05, 0) is 36.4 Å². The molecule has 1 aliphatic rings. The van der Waals surface area contributed by atoms with Gasteiger partial charge in [-0.3, -0.25) is 19.9 Å². The van der Waals surface area contributed by atoms with Crippen LogP contribution in [0.3, 0.4) is 0 Å². The molecule has 2 aromatic rings. The first-order valence-corrected chi connectivity index (χ1v) is 7.82. The largest absolute Gasteiger partial charge is 0.467 e. The molecule has 1 N–H and O–H groups in total. The average Bonchev–Trinajstić information content (AvgIpc) is 3.05. The van der Waals surface area contributed by atoms with Gasteiger partial charge in [-0.15, -0.1) is 0 Å². The van der Waals surface area contributed by atoms with Crippen LogP contribution in [0.1, 0.15) is 5.76 Å². The molecule has 1 saturated heterocycles. The molecule has 0 radical (unpaired) electrons. The Morgan fingerprint density at radius 2 is 1.96 bits per heavy atom. The molecule has 2 heterocycles. The Morgan fingerprint density at radius 1 is 1.21 bits per heavy atom. The second kappa shape index (κ2) is 6.79. The smallest absolute Gasteiger partial charge is 0.335 e. The molecule has 0 unspecified atom stereocenters. The van der Waals surface area contributed by atoms with Gasteiger partial charge in [0.15, 0.2) is 5.92 Å². The third-order valence-corrected chi connectivity index (χ3v) is 3.90. The standard InChI is InChI=1S/C16H12BrN3O4/c17-10-3-5-11(6-4-10)20-15(22)13(14(21)19-16(20)23)9-18-8-12-2-1-7-24-12/h1-7,9,13H,8H2,(H,19,21,23)/t13-/m1/s1. The minimum Gasteiger partial charge on any atom is -0.467 e. The van der Waals surface area contributed by atoms with Crippen LogP contribution in [-0.2, 0) is 16.1 Å². The van der Waals surface area contributed by atoms with Crippen LogP contribution in [0.4, 0.5) is 10.5 Å². The Hall–Kier alpha value is -2.74. The van der Waals surface area contributed by atoms with Crippen molar-refractivity contribution < 1.29 is 18.8 Å². The Balaban J connectivity index is 1.80. The van der Waals surface area contributed by atoms with Crippen LogP contribution in [0.5, 0.6) is 0 Å². The van der Waals surface area contributed by atoms with Crippen LogP contribution in [0, 0.1) is 5.92 Å². The summed E-state index contributed by atoms with van der Waals surface area (Å²) in [6, 6.07) is 9.29. The lowest BCUT2D eigenvalue weighted by atomic mass is 10.1. The average molecular weight is 390 g/mol. The zero-order valence-electron chi connectivity index (χ0n) is 12.3. The van der Waals surface area contributed by atoms with Crippen molar-refractivity contribution in [3.63, 3.8) is 0 Å². The first-order chi connectivity index (χ1) is 11.6. The fraction of sp³-hybridized carbons (Fsp3) is 0.125. The van der Waals surface area contributed by atoms with Crippen LogP contribution in [-0.4, -0.2) is 24.1 Å². The number of hydrogen-bond acceptors (Lipinski definition) is 5. The molecule has 1 fully saturated rings. The predicted octanol–water partition coefficient (Wildman–Crippen LogP) is 2.51. The number of carbonyl (C=O) groups excluding carboxylic acids is 3. The summed E-state index contributed by atoms with van der Waals surface area (Å²) in [7, 11) is 0. The molecule has 0 spiro atoms. The summed E-state index contributed by atoms with van der Waals surface area (Å²) in [4.78, 5) is 41.5. The molecule has 122 valence electrons. The van der Waals surface area contributed by atoms with Gasteiger partial charge in [0, 0.05) is 10.7 Å². The number of amides is 4. The van der Waals surface area contributed by atoms with E-state index in [0.717, 1.165) is 9.37 Å². The maximum Gasteiger partial charge on any atom is 0.335 e. The number of barbiturate groups is 1. The molecule has 7 nitrogen and oxygen atoms in total. The van der Waals surface area contributed by atoms with Crippen molar-refractivity contribution in [1.29, 1.82) is 0 Å². The second-order valence-electron chi connectivity index (χ2n) is 4.99. The fourth-order valence-corrected chi connectivity index (χ4v) is 2.47. The molecule has 24 heavy (non-hydrogen) atoms. The second-order valence-corrected chi connectivity index (χ2v) is 5.91. The summed E-state index contributed by atoms with van der Waals surface area (Å²) in [5.74, 6) is -1.90. The van der Waals surface area contributed by atoms with Crippen LogP contribution in [0.15, 0.2) is 56.5 Å². The van der Waals surface area contributed by atoms with E-state index in [-0.39, 0.29) is 6.54 Å². The normalized spacial score (nSPS) is 18.3. The highest BCUT2D eigenvalue weighted by atomic mass is 79.9. The van der Waals surface area contributed by atoms with E-state index >= 15 is 0 Å². The number of urea groups is 1. The lowest BCUT2D eigenvalue weighted by Gasteiger charge is -2.28. The SMILES string of the molecule is O=C1NC(=O)N(c2ccc(Br)cc2)C(=O)[C@@H]1C=NCc1ccco1. The lowest BCUT2D eigenvalue weighted by molar-refractivity contribution is -0.131. The van der Waals surface area contributed by atoms with Gasteiger partial charge in [0.1, 0.15) is 5.76 Å². The Bertz CT molecular complexity index is 799. The van der Waals surface area contributed by atoms with E-state index in [2.05, 4.69) is 26.2 Å². The fourth-order valence-electron chi connectivity index (χ4n) is 2.21. The summed E-state index contributed by atoms with van der Waals surface area (Å²) < 4.78 is 5.94. The molecule has 8 heteroatoms. The van der Waals surface area contributed by atoms with E-state index in [1.165, 1.54) is 12.5 Å². The summed E-state index contributed by atoms with van der Waals surface area (Å²) in [6.45, 7) is 0.205. The highest BCUT2D eigenvalue weighted by molar-refractivity contribution is 9.10. The van der Waals surface area contributed by atoms with Gasteiger partial charge in [0.2, 0.25) is 5.91 Å². The Labute approximate surface area is 145 Å². The quantitative estimate of drug-likeness (QED) is 0.642. The van der Waals surface area contributed by atoms with Gasteiger partial charge in [0.25, 0.3) is 5.91 Å². The molecule has 0 aliphatic carbocycles. The van der Waals surface area contributed by atoms with Crippen LogP contribution < -0.4 is 10.2 Å². The predicted molar refractivity (Wildman–Crippen MR) is 89.6 cm³/mol. The summed E-state index contributed by atoms with van der Waals surface area (Å²) >= 11 is 3.29. The van der Waals surface area contributed by atoms with Gasteiger partial charge in [-0.2, -0.15) is 0 Å². The number of benzene rings is 1. The molecule has 1 atom stereocenters. The van der Waals surface area contributed by atoms with Crippen molar-refractivity contribution in [3.8, 4) is 0 Å². The van der Waals surface area contributed by atoms with Crippen LogP contribution >= 0.6 is 15.9 Å². The van der Waals surface area contributed by atoms with Crippen LogP contribution in [0.25, 0.3) is 0 Å². The third kappa shape index (κ3) is 3.28. The topological polar surface area (TPSA) is 92.0 Å². The highest BCUT2D eigenvalue weighted by Crippen LogP contribution is 2.22. The molecular formula is C16H12BrN3O4. The zero-order valence-corrected chi connectivity index (χ0v) is 13.9. The van der Waals surface area contributed by atoms with Crippen LogP contribution in [0.2, 0.25) is 0 Å². The van der Waals surface area contributed by atoms with Gasteiger partial charge in [-0.25, -0.2) is 9.69 Å². The van der Waals surface area contributed by atoms with Gasteiger partial charge in [-0.1, -0.05) is 15.9 Å². The molecule has 0 bridgehead atoms. The molecule has 1 aliphatic heterocycles. The van der Waals surface area contributed by atoms with E-state index in [0.29, 0.717) is 11.4 Å². The third-order valence-electron chi connectivity index (χ3n) is 3.37. The first kappa shape index (κ1) is 16.1. The molecular weight excluding hydrogens is 378 g/mol. The molecule has 3 rings (SSSR count). The van der Waals surface area contributed by atoms with Crippen molar-refractivity contribution in [1.82, 2.24) is 5.32 Å². The minimum absolute atomic E-state index is 0.205. The Kier molecular flexibility index (Phi) is 4.57. The number of aliphatic imine (C=N–C) groups is 1. The van der Waals surface area contributed by atoms with E-state index in [4.69, 9.17) is 4.42 Å². The number of hydrogen-bond donors (Lipinski definition) is 1. The number of furan rings is 1. The first-order valence-electron chi connectivity index (χ1n) is 7.03. The zero-order chi connectivity index (χ0) is 17.1. The van der Waals surface area contributed by atoms with Crippen molar-refractivity contribution in [3.05, 3.63) is 52.9 Å². The number of nitrogens with zero attached hydrogens (tertiary/aromatic N) is 2. The maximum atomic E-state index is 12.5.